The van der Waals surface area contributed by atoms with E-state index in [0.29, 0.717) is 32.2 Å². The quantitative estimate of drug-likeness (QED) is 0.192. The summed E-state index contributed by atoms with van der Waals surface area (Å²) >= 11 is 19.6. The summed E-state index contributed by atoms with van der Waals surface area (Å²) in [4.78, 5) is 15.5. The summed E-state index contributed by atoms with van der Waals surface area (Å²) in [5.74, 6) is 0.363. The Kier molecular flexibility index (Phi) is 6.64. The molecule has 1 aliphatic heterocycles. The van der Waals surface area contributed by atoms with Gasteiger partial charge in [-0.3, -0.25) is 9.69 Å². The lowest BCUT2D eigenvalue weighted by Crippen LogP contribution is -2.27. The largest absolute Gasteiger partial charge is 0.495 e. The van der Waals surface area contributed by atoms with Crippen LogP contribution >= 0.6 is 47.2 Å². The summed E-state index contributed by atoms with van der Waals surface area (Å²) in [7, 11) is 1.55. The van der Waals surface area contributed by atoms with Crippen molar-refractivity contribution in [1.29, 1.82) is 0 Å². The van der Waals surface area contributed by atoms with Gasteiger partial charge in [-0.1, -0.05) is 83.6 Å². The van der Waals surface area contributed by atoms with Crippen LogP contribution in [0.25, 0.3) is 17.0 Å². The van der Waals surface area contributed by atoms with E-state index in [1.807, 2.05) is 42.5 Å². The SMILES string of the molecule is COc1ccc(N2C(=O)/C(=C/c3c(C)n(Cc4ccccc4Cl)c4ccccc34)SC2=S)cc1Cl. The van der Waals surface area contributed by atoms with E-state index in [1.165, 1.54) is 16.7 Å². The van der Waals surface area contributed by atoms with Crippen LogP contribution < -0.4 is 9.64 Å². The molecule has 1 fully saturated rings. The van der Waals surface area contributed by atoms with Crippen molar-refractivity contribution in [3.8, 4) is 5.75 Å². The van der Waals surface area contributed by atoms with Crippen molar-refractivity contribution < 1.29 is 9.53 Å². The number of amides is 1. The lowest BCUT2D eigenvalue weighted by Gasteiger charge is -2.15. The number of para-hydroxylation sites is 1. The Hall–Kier alpha value is -2.77. The molecule has 3 aromatic carbocycles. The number of thiocarbonyl (C=S) groups is 1. The highest BCUT2D eigenvalue weighted by molar-refractivity contribution is 8.27. The van der Waals surface area contributed by atoms with Crippen LogP contribution in [-0.4, -0.2) is 21.9 Å². The molecular weight excluding hydrogens is 519 g/mol. The monoisotopic (exact) mass is 538 g/mol. The summed E-state index contributed by atoms with van der Waals surface area (Å²) in [5.41, 5.74) is 4.75. The number of carbonyl (C=O) groups is 1. The number of thioether (sulfide) groups is 1. The molecular formula is C27H20Cl2N2O2S2. The lowest BCUT2D eigenvalue weighted by atomic mass is 10.1. The maximum absolute atomic E-state index is 13.4. The van der Waals surface area contributed by atoms with Crippen molar-refractivity contribution in [2.75, 3.05) is 12.0 Å². The van der Waals surface area contributed by atoms with Gasteiger partial charge in [-0.25, -0.2) is 0 Å². The standard InChI is InChI=1S/C27H20Cl2N2O2S2/c1-16-20(19-8-4-6-10-23(19)30(16)15-17-7-3-5-9-21(17)28)14-25-26(32)31(27(34)35-25)18-11-12-24(33-2)22(29)13-18/h3-14H,15H2,1-2H3/b25-14-. The predicted octanol–water partition coefficient (Wildman–Crippen LogP) is 7.72. The first-order valence-corrected chi connectivity index (χ1v) is 12.8. The van der Waals surface area contributed by atoms with E-state index in [-0.39, 0.29) is 5.91 Å². The Morgan fingerprint density at radius 2 is 1.77 bits per heavy atom. The van der Waals surface area contributed by atoms with Gasteiger partial charge < -0.3 is 9.30 Å². The van der Waals surface area contributed by atoms with Crippen molar-refractivity contribution in [1.82, 2.24) is 4.57 Å². The van der Waals surface area contributed by atoms with Crippen LogP contribution in [0.2, 0.25) is 10.0 Å². The third-order valence-electron chi connectivity index (χ3n) is 6.03. The van der Waals surface area contributed by atoms with Crippen LogP contribution in [0.3, 0.4) is 0 Å². The Morgan fingerprint density at radius 1 is 1.03 bits per heavy atom. The molecule has 0 bridgehead atoms. The number of ether oxygens (including phenoxy) is 1. The zero-order valence-corrected chi connectivity index (χ0v) is 22.1. The van der Waals surface area contributed by atoms with Crippen LogP contribution in [0.5, 0.6) is 5.75 Å². The highest BCUT2D eigenvalue weighted by Crippen LogP contribution is 2.40. The Labute approximate surface area is 223 Å². The fourth-order valence-electron chi connectivity index (χ4n) is 4.26. The van der Waals surface area contributed by atoms with Crippen LogP contribution in [0.1, 0.15) is 16.8 Å². The maximum Gasteiger partial charge on any atom is 0.270 e. The van der Waals surface area contributed by atoms with Crippen molar-refractivity contribution in [2.45, 2.75) is 13.5 Å². The Bertz CT molecular complexity index is 1530. The van der Waals surface area contributed by atoms with Gasteiger partial charge in [0.15, 0.2) is 4.32 Å². The molecule has 2 heterocycles. The number of nitrogens with zero attached hydrogens (tertiary/aromatic N) is 2. The molecule has 8 heteroatoms. The van der Waals surface area contributed by atoms with Crippen LogP contribution in [0.15, 0.2) is 71.6 Å². The minimum absolute atomic E-state index is 0.177. The van der Waals surface area contributed by atoms with E-state index in [4.69, 9.17) is 40.2 Å². The van der Waals surface area contributed by atoms with Gasteiger partial charge in [0, 0.05) is 33.7 Å². The number of carbonyl (C=O) groups excluding carboxylic acids is 1. The molecule has 0 unspecified atom stereocenters. The normalized spacial score (nSPS) is 15.0. The molecule has 1 aliphatic rings. The van der Waals surface area contributed by atoms with Crippen molar-refractivity contribution in [3.05, 3.63) is 98.5 Å². The van der Waals surface area contributed by atoms with Gasteiger partial charge in [0.1, 0.15) is 5.75 Å². The minimum atomic E-state index is -0.177. The lowest BCUT2D eigenvalue weighted by molar-refractivity contribution is -0.113. The van der Waals surface area contributed by atoms with Crippen molar-refractivity contribution in [2.24, 2.45) is 0 Å². The van der Waals surface area contributed by atoms with Crippen LogP contribution in [0.4, 0.5) is 5.69 Å². The highest BCUT2D eigenvalue weighted by Gasteiger charge is 2.34. The molecule has 35 heavy (non-hydrogen) atoms. The summed E-state index contributed by atoms with van der Waals surface area (Å²) in [6.07, 6.45) is 1.94. The number of benzene rings is 3. The third kappa shape index (κ3) is 4.36. The number of fused-ring (bicyclic) bond motifs is 1. The van der Waals surface area contributed by atoms with Gasteiger partial charge in [-0.15, -0.1) is 0 Å². The maximum atomic E-state index is 13.4. The highest BCUT2D eigenvalue weighted by atomic mass is 35.5. The molecule has 0 saturated carbocycles. The summed E-state index contributed by atoms with van der Waals surface area (Å²) in [6, 6.07) is 21.2. The van der Waals surface area contributed by atoms with Crippen LogP contribution in [0, 0.1) is 6.92 Å². The van der Waals surface area contributed by atoms with Crippen molar-refractivity contribution in [3.63, 3.8) is 0 Å². The molecule has 0 N–H and O–H groups in total. The zero-order valence-electron chi connectivity index (χ0n) is 18.9. The number of aromatic nitrogens is 1. The molecule has 5 rings (SSSR count). The first-order valence-electron chi connectivity index (χ1n) is 10.8. The molecule has 0 atom stereocenters. The molecule has 1 saturated heterocycles. The van der Waals surface area contributed by atoms with Gasteiger partial charge in [-0.05, 0) is 48.9 Å². The molecule has 4 nitrogen and oxygen atoms in total. The number of hydrogen-bond donors (Lipinski definition) is 0. The Morgan fingerprint density at radius 3 is 2.51 bits per heavy atom. The van der Waals surface area contributed by atoms with E-state index in [1.54, 1.807) is 25.3 Å². The smallest absolute Gasteiger partial charge is 0.270 e. The number of methoxy groups -OCH3 is 1. The molecule has 0 aliphatic carbocycles. The number of anilines is 1. The summed E-state index contributed by atoms with van der Waals surface area (Å²) in [6.45, 7) is 2.69. The summed E-state index contributed by atoms with van der Waals surface area (Å²) in [5, 5.41) is 2.21. The molecule has 4 aromatic rings. The topological polar surface area (TPSA) is 34.5 Å². The molecule has 176 valence electrons. The zero-order chi connectivity index (χ0) is 24.7. The van der Waals surface area contributed by atoms with Crippen molar-refractivity contribution >= 4 is 80.1 Å². The Balaban J connectivity index is 1.56. The van der Waals surface area contributed by atoms with Crippen LogP contribution in [-0.2, 0) is 11.3 Å². The molecule has 0 radical (unpaired) electrons. The predicted molar refractivity (Wildman–Crippen MR) is 151 cm³/mol. The fraction of sp³-hybridized carbons (Fsp3) is 0.111. The minimum Gasteiger partial charge on any atom is -0.495 e. The molecule has 1 aromatic heterocycles. The van der Waals surface area contributed by atoms with Gasteiger partial charge in [0.25, 0.3) is 5.91 Å². The fourth-order valence-corrected chi connectivity index (χ4v) is 5.98. The van der Waals surface area contributed by atoms with Gasteiger partial charge in [0.2, 0.25) is 0 Å². The first-order chi connectivity index (χ1) is 16.9. The molecule has 0 spiro atoms. The number of rotatable bonds is 5. The van der Waals surface area contributed by atoms with E-state index in [2.05, 4.69) is 23.6 Å². The second kappa shape index (κ2) is 9.70. The summed E-state index contributed by atoms with van der Waals surface area (Å²) < 4.78 is 7.91. The average Bonchev–Trinajstić information content (AvgIpc) is 3.28. The van der Waals surface area contributed by atoms with Gasteiger partial charge in [0.05, 0.1) is 22.7 Å². The number of halogens is 2. The van der Waals surface area contributed by atoms with E-state index < -0.39 is 0 Å². The average molecular weight is 540 g/mol. The van der Waals surface area contributed by atoms with Gasteiger partial charge >= 0.3 is 0 Å². The second-order valence-electron chi connectivity index (χ2n) is 8.03. The van der Waals surface area contributed by atoms with E-state index in [9.17, 15) is 4.79 Å². The van der Waals surface area contributed by atoms with E-state index >= 15 is 0 Å². The van der Waals surface area contributed by atoms with Gasteiger partial charge in [-0.2, -0.15) is 0 Å². The second-order valence-corrected chi connectivity index (χ2v) is 10.5. The first kappa shape index (κ1) is 23.9. The third-order valence-corrected chi connectivity index (χ3v) is 7.99. The molecule has 1 amide bonds. The van der Waals surface area contributed by atoms with E-state index in [0.717, 1.165) is 32.7 Å². The number of hydrogen-bond acceptors (Lipinski definition) is 4.